The minimum atomic E-state index is 0.342. The lowest BCUT2D eigenvalue weighted by molar-refractivity contribution is 0.0955. The van der Waals surface area contributed by atoms with Crippen LogP contribution in [-0.4, -0.2) is 30.3 Å². The highest BCUT2D eigenvalue weighted by molar-refractivity contribution is 5.78. The van der Waals surface area contributed by atoms with Crippen molar-refractivity contribution in [3.05, 3.63) is 42.1 Å². The average Bonchev–Trinajstić information content (AvgIpc) is 2.93. The molecule has 3 heteroatoms. The van der Waals surface area contributed by atoms with Gasteiger partial charge >= 0.3 is 0 Å². The number of rotatable bonds is 5. The van der Waals surface area contributed by atoms with Gasteiger partial charge in [-0.15, -0.1) is 0 Å². The third kappa shape index (κ3) is 3.25. The van der Waals surface area contributed by atoms with E-state index in [4.69, 9.17) is 9.72 Å². The second-order valence-corrected chi connectivity index (χ2v) is 5.89. The number of likely N-dealkylation sites (N-methyl/N-ethyl adjacent to an activating group) is 1. The van der Waals surface area contributed by atoms with Crippen molar-refractivity contribution < 1.29 is 4.74 Å². The van der Waals surface area contributed by atoms with E-state index in [2.05, 4.69) is 49.5 Å². The molecule has 3 rings (SSSR count). The summed E-state index contributed by atoms with van der Waals surface area (Å²) in [4.78, 5) is 4.81. The summed E-state index contributed by atoms with van der Waals surface area (Å²) in [6, 6.07) is 13.1. The molecule has 1 aliphatic rings. The summed E-state index contributed by atoms with van der Waals surface area (Å²) in [5.74, 6) is 0.582. The zero-order chi connectivity index (χ0) is 14.7. The monoisotopic (exact) mass is 284 g/mol. The first-order valence-electron chi connectivity index (χ1n) is 7.97. The van der Waals surface area contributed by atoms with Crippen LogP contribution in [0.25, 0.3) is 10.9 Å². The van der Waals surface area contributed by atoms with E-state index in [0.717, 1.165) is 31.5 Å². The van der Waals surface area contributed by atoms with E-state index in [9.17, 15) is 0 Å². The Kier molecular flexibility index (Phi) is 4.51. The Balaban J connectivity index is 1.80. The standard InChI is InChI=1S/C18H24N2O/c1-3-19-18(16-10-11-21-13(16)2)12-15-9-8-14-6-4-5-7-17(14)20-15/h4-9,13,16,18-19H,3,10-12H2,1-2H3. The van der Waals surface area contributed by atoms with Gasteiger partial charge in [0.05, 0.1) is 11.6 Å². The molecule has 3 atom stereocenters. The number of pyridine rings is 1. The Morgan fingerprint density at radius 2 is 2.14 bits per heavy atom. The summed E-state index contributed by atoms with van der Waals surface area (Å²) < 4.78 is 5.74. The highest BCUT2D eigenvalue weighted by Crippen LogP contribution is 2.26. The predicted molar refractivity (Wildman–Crippen MR) is 86.4 cm³/mol. The number of hydrogen-bond acceptors (Lipinski definition) is 3. The van der Waals surface area contributed by atoms with Gasteiger partial charge in [-0.3, -0.25) is 4.98 Å². The Labute approximate surface area is 126 Å². The van der Waals surface area contributed by atoms with Gasteiger partial charge in [-0.05, 0) is 32.0 Å². The molecule has 0 amide bonds. The van der Waals surface area contributed by atoms with E-state index in [1.165, 1.54) is 11.1 Å². The molecule has 3 nitrogen and oxygen atoms in total. The SMILES string of the molecule is CCNC(Cc1ccc2ccccc2n1)C1CCOC1C. The fraction of sp³-hybridized carbons (Fsp3) is 0.500. The molecule has 2 aromatic rings. The first-order chi connectivity index (χ1) is 10.3. The predicted octanol–water partition coefficient (Wildman–Crippen LogP) is 3.18. The number of nitrogens with one attached hydrogen (secondary N) is 1. The number of ether oxygens (including phenoxy) is 1. The van der Waals surface area contributed by atoms with Crippen molar-refractivity contribution in [3.8, 4) is 0 Å². The van der Waals surface area contributed by atoms with Crippen molar-refractivity contribution >= 4 is 10.9 Å². The zero-order valence-electron chi connectivity index (χ0n) is 12.9. The van der Waals surface area contributed by atoms with Crippen LogP contribution in [-0.2, 0) is 11.2 Å². The topological polar surface area (TPSA) is 34.2 Å². The number of nitrogens with zero attached hydrogens (tertiary/aromatic N) is 1. The Morgan fingerprint density at radius 3 is 2.90 bits per heavy atom. The van der Waals surface area contributed by atoms with E-state index < -0.39 is 0 Å². The molecular weight excluding hydrogens is 260 g/mol. The third-order valence-corrected chi connectivity index (χ3v) is 4.50. The van der Waals surface area contributed by atoms with Crippen molar-refractivity contribution in [1.29, 1.82) is 0 Å². The largest absolute Gasteiger partial charge is 0.378 e. The fourth-order valence-electron chi connectivity index (χ4n) is 3.36. The third-order valence-electron chi connectivity index (χ3n) is 4.50. The molecule has 21 heavy (non-hydrogen) atoms. The summed E-state index contributed by atoms with van der Waals surface area (Å²) in [5.41, 5.74) is 2.25. The number of para-hydroxylation sites is 1. The van der Waals surface area contributed by atoms with Crippen LogP contribution >= 0.6 is 0 Å². The van der Waals surface area contributed by atoms with Crippen LogP contribution in [0.1, 0.15) is 26.0 Å². The Bertz CT molecular complexity index is 599. The summed E-state index contributed by atoms with van der Waals surface area (Å²) in [7, 11) is 0. The molecule has 1 aromatic carbocycles. The maximum Gasteiger partial charge on any atom is 0.0705 e. The molecule has 0 bridgehead atoms. The highest BCUT2D eigenvalue weighted by Gasteiger charge is 2.31. The molecule has 1 aromatic heterocycles. The maximum absolute atomic E-state index is 5.74. The molecule has 0 saturated carbocycles. The van der Waals surface area contributed by atoms with Gasteiger partial charge in [-0.25, -0.2) is 0 Å². The number of benzene rings is 1. The van der Waals surface area contributed by atoms with Crippen molar-refractivity contribution in [3.63, 3.8) is 0 Å². The minimum absolute atomic E-state index is 0.342. The first kappa shape index (κ1) is 14.5. The molecule has 0 aliphatic carbocycles. The van der Waals surface area contributed by atoms with Crippen LogP contribution < -0.4 is 5.32 Å². The van der Waals surface area contributed by atoms with Crippen molar-refractivity contribution in [2.24, 2.45) is 5.92 Å². The van der Waals surface area contributed by atoms with Crippen molar-refractivity contribution in [1.82, 2.24) is 10.3 Å². The van der Waals surface area contributed by atoms with Crippen LogP contribution in [0.4, 0.5) is 0 Å². The van der Waals surface area contributed by atoms with Crippen LogP contribution in [0.5, 0.6) is 0 Å². The summed E-state index contributed by atoms with van der Waals surface area (Å²) in [6.07, 6.45) is 2.46. The van der Waals surface area contributed by atoms with Crippen molar-refractivity contribution in [2.75, 3.05) is 13.2 Å². The number of fused-ring (bicyclic) bond motifs is 1. The van der Waals surface area contributed by atoms with Crippen LogP contribution in [0.3, 0.4) is 0 Å². The van der Waals surface area contributed by atoms with E-state index in [1.807, 2.05) is 6.07 Å². The lowest BCUT2D eigenvalue weighted by Crippen LogP contribution is -2.41. The number of hydrogen-bond donors (Lipinski definition) is 1. The first-order valence-corrected chi connectivity index (χ1v) is 7.97. The second kappa shape index (κ2) is 6.54. The van der Waals surface area contributed by atoms with Gasteiger partial charge in [0.15, 0.2) is 0 Å². The molecule has 3 unspecified atom stereocenters. The normalized spacial score (nSPS) is 23.5. The van der Waals surface area contributed by atoms with Crippen LogP contribution in [0, 0.1) is 5.92 Å². The number of aromatic nitrogens is 1. The summed E-state index contributed by atoms with van der Waals surface area (Å²) in [5, 5.41) is 4.84. The molecule has 0 spiro atoms. The van der Waals surface area contributed by atoms with E-state index in [-0.39, 0.29) is 0 Å². The Morgan fingerprint density at radius 1 is 1.29 bits per heavy atom. The molecule has 1 fully saturated rings. The molecule has 112 valence electrons. The lowest BCUT2D eigenvalue weighted by Gasteiger charge is -2.26. The maximum atomic E-state index is 5.74. The van der Waals surface area contributed by atoms with Crippen LogP contribution in [0.15, 0.2) is 36.4 Å². The quantitative estimate of drug-likeness (QED) is 0.915. The molecule has 1 saturated heterocycles. The van der Waals surface area contributed by atoms with Gasteiger partial charge in [0.2, 0.25) is 0 Å². The average molecular weight is 284 g/mol. The molecule has 2 heterocycles. The van der Waals surface area contributed by atoms with Gasteiger partial charge in [0, 0.05) is 36.1 Å². The molecule has 1 N–H and O–H groups in total. The molecule has 0 radical (unpaired) electrons. The highest BCUT2D eigenvalue weighted by atomic mass is 16.5. The molecular formula is C18H24N2O. The van der Waals surface area contributed by atoms with E-state index in [0.29, 0.717) is 18.1 Å². The smallest absolute Gasteiger partial charge is 0.0705 e. The summed E-state index contributed by atoms with van der Waals surface area (Å²) in [6.45, 7) is 6.23. The van der Waals surface area contributed by atoms with Gasteiger partial charge in [0.25, 0.3) is 0 Å². The summed E-state index contributed by atoms with van der Waals surface area (Å²) >= 11 is 0. The fourth-order valence-corrected chi connectivity index (χ4v) is 3.36. The van der Waals surface area contributed by atoms with Crippen LogP contribution in [0.2, 0.25) is 0 Å². The van der Waals surface area contributed by atoms with Gasteiger partial charge in [-0.1, -0.05) is 31.2 Å². The van der Waals surface area contributed by atoms with Gasteiger partial charge in [-0.2, -0.15) is 0 Å². The minimum Gasteiger partial charge on any atom is -0.378 e. The van der Waals surface area contributed by atoms with E-state index in [1.54, 1.807) is 0 Å². The van der Waals surface area contributed by atoms with Gasteiger partial charge < -0.3 is 10.1 Å². The second-order valence-electron chi connectivity index (χ2n) is 5.89. The lowest BCUT2D eigenvalue weighted by atomic mass is 9.90. The van der Waals surface area contributed by atoms with Crippen molar-refractivity contribution in [2.45, 2.75) is 38.8 Å². The van der Waals surface area contributed by atoms with E-state index >= 15 is 0 Å². The molecule has 1 aliphatic heterocycles. The Hall–Kier alpha value is -1.45. The van der Waals surface area contributed by atoms with Gasteiger partial charge in [0.1, 0.15) is 0 Å². The zero-order valence-corrected chi connectivity index (χ0v) is 12.9.